The molecule has 0 bridgehead atoms. The average molecular weight is 263 g/mol. The Bertz CT molecular complexity index is 455. The van der Waals surface area contributed by atoms with Crippen molar-refractivity contribution in [2.45, 2.75) is 32.6 Å². The fraction of sp³-hybridized carbons (Fsp3) is 0.385. The van der Waals surface area contributed by atoms with E-state index in [2.05, 4.69) is 17.5 Å². The number of hydrazone groups is 1. The Morgan fingerprint density at radius 1 is 1.37 bits per heavy atom. The minimum Gasteiger partial charge on any atom is -0.267 e. The Kier molecular flexibility index (Phi) is 6.21. The molecule has 0 fully saturated rings. The van der Waals surface area contributed by atoms with Gasteiger partial charge in [0, 0.05) is 23.9 Å². The minimum atomic E-state index is -0.506. The predicted molar refractivity (Wildman–Crippen MR) is 73.2 cm³/mol. The second kappa shape index (κ2) is 7.97. The fourth-order valence-corrected chi connectivity index (χ4v) is 1.45. The maximum absolute atomic E-state index is 11.6. The minimum absolute atomic E-state index is 0.0420. The molecule has 6 heteroatoms. The van der Waals surface area contributed by atoms with Gasteiger partial charge in [0.2, 0.25) is 0 Å². The third kappa shape index (κ3) is 5.29. The molecule has 0 aliphatic heterocycles. The topological polar surface area (TPSA) is 84.6 Å². The molecule has 102 valence electrons. The number of carbonyl (C=O) groups is 1. The van der Waals surface area contributed by atoms with Crippen LogP contribution < -0.4 is 5.43 Å². The first-order valence-corrected chi connectivity index (χ1v) is 6.21. The molecule has 0 aromatic heterocycles. The molecule has 0 spiro atoms. The van der Waals surface area contributed by atoms with E-state index in [0.29, 0.717) is 5.56 Å². The summed E-state index contributed by atoms with van der Waals surface area (Å²) in [4.78, 5) is 21.6. The Balaban J connectivity index is 2.43. The van der Waals surface area contributed by atoms with Gasteiger partial charge in [-0.05, 0) is 25.0 Å². The molecule has 0 unspecified atom stereocenters. The summed E-state index contributed by atoms with van der Waals surface area (Å²) in [6.07, 6.45) is 5.83. The highest BCUT2D eigenvalue weighted by Crippen LogP contribution is 2.11. The Morgan fingerprint density at radius 2 is 2.05 bits per heavy atom. The van der Waals surface area contributed by atoms with Gasteiger partial charge in [-0.2, -0.15) is 5.10 Å². The highest BCUT2D eigenvalue weighted by Gasteiger charge is 2.08. The molecule has 0 atom stereocenters. The van der Waals surface area contributed by atoms with Crippen LogP contribution in [-0.4, -0.2) is 17.0 Å². The van der Waals surface area contributed by atoms with Gasteiger partial charge < -0.3 is 0 Å². The molecule has 1 amide bonds. The zero-order chi connectivity index (χ0) is 14.1. The number of nitrogens with one attached hydrogen (secondary N) is 1. The first-order chi connectivity index (χ1) is 9.15. The van der Waals surface area contributed by atoms with E-state index in [4.69, 9.17) is 0 Å². The second-order valence-electron chi connectivity index (χ2n) is 4.05. The maximum atomic E-state index is 11.6. The van der Waals surface area contributed by atoms with Crippen LogP contribution in [0.4, 0.5) is 5.69 Å². The highest BCUT2D eigenvalue weighted by atomic mass is 16.6. The van der Waals surface area contributed by atoms with Gasteiger partial charge in [0.15, 0.2) is 0 Å². The molecule has 0 aliphatic rings. The van der Waals surface area contributed by atoms with Crippen molar-refractivity contribution in [3.8, 4) is 0 Å². The lowest BCUT2D eigenvalue weighted by Gasteiger charge is -1.99. The van der Waals surface area contributed by atoms with Gasteiger partial charge in [0.25, 0.3) is 11.6 Å². The number of unbranched alkanes of at least 4 members (excludes halogenated alkanes) is 3. The lowest BCUT2D eigenvalue weighted by atomic mass is 10.2. The molecule has 1 aromatic carbocycles. The quantitative estimate of drug-likeness (QED) is 0.355. The monoisotopic (exact) mass is 263 g/mol. The summed E-state index contributed by atoms with van der Waals surface area (Å²) in [5.74, 6) is -0.373. The van der Waals surface area contributed by atoms with E-state index in [0.717, 1.165) is 25.7 Å². The molecule has 1 rings (SSSR count). The van der Waals surface area contributed by atoms with E-state index in [1.54, 1.807) is 6.21 Å². The maximum Gasteiger partial charge on any atom is 0.271 e. The number of amides is 1. The van der Waals surface area contributed by atoms with Crippen LogP contribution in [0.1, 0.15) is 43.0 Å². The van der Waals surface area contributed by atoms with Crippen molar-refractivity contribution in [2.24, 2.45) is 5.10 Å². The van der Waals surface area contributed by atoms with E-state index in [1.807, 2.05) is 0 Å². The Hall–Kier alpha value is -2.24. The number of benzene rings is 1. The van der Waals surface area contributed by atoms with Crippen LogP contribution in [-0.2, 0) is 0 Å². The molecule has 0 saturated carbocycles. The summed E-state index contributed by atoms with van der Waals surface area (Å²) >= 11 is 0. The summed E-state index contributed by atoms with van der Waals surface area (Å²) < 4.78 is 0. The zero-order valence-corrected chi connectivity index (χ0v) is 10.8. The molecule has 0 radical (unpaired) electrons. The largest absolute Gasteiger partial charge is 0.271 e. The fourth-order valence-electron chi connectivity index (χ4n) is 1.45. The number of hydrogen-bond acceptors (Lipinski definition) is 4. The summed E-state index contributed by atoms with van der Waals surface area (Å²) in [5, 5.41) is 14.3. The van der Waals surface area contributed by atoms with Crippen LogP contribution in [0.15, 0.2) is 29.4 Å². The predicted octanol–water partition coefficient (Wildman–Crippen LogP) is 2.89. The van der Waals surface area contributed by atoms with Gasteiger partial charge in [-0.1, -0.05) is 19.8 Å². The molecule has 1 aromatic rings. The second-order valence-corrected chi connectivity index (χ2v) is 4.05. The summed E-state index contributed by atoms with van der Waals surface area (Å²) in [5.41, 5.74) is 2.69. The Labute approximate surface area is 111 Å². The number of hydrogen-bond donors (Lipinski definition) is 1. The molecular weight excluding hydrogens is 246 g/mol. The average Bonchev–Trinajstić information content (AvgIpc) is 2.42. The van der Waals surface area contributed by atoms with Crippen LogP contribution in [0.3, 0.4) is 0 Å². The molecule has 19 heavy (non-hydrogen) atoms. The van der Waals surface area contributed by atoms with Crippen LogP contribution >= 0.6 is 0 Å². The van der Waals surface area contributed by atoms with Crippen molar-refractivity contribution in [3.63, 3.8) is 0 Å². The lowest BCUT2D eigenvalue weighted by molar-refractivity contribution is -0.384. The summed E-state index contributed by atoms with van der Waals surface area (Å²) in [7, 11) is 0. The van der Waals surface area contributed by atoms with E-state index < -0.39 is 4.92 Å². The van der Waals surface area contributed by atoms with Gasteiger partial charge in [-0.15, -0.1) is 0 Å². The van der Waals surface area contributed by atoms with E-state index in [-0.39, 0.29) is 11.6 Å². The third-order valence-corrected chi connectivity index (χ3v) is 2.53. The van der Waals surface area contributed by atoms with Gasteiger partial charge in [-0.3, -0.25) is 14.9 Å². The van der Waals surface area contributed by atoms with Crippen molar-refractivity contribution in [1.82, 2.24) is 5.43 Å². The summed E-state index contributed by atoms with van der Waals surface area (Å²) in [6, 6.07) is 5.39. The van der Waals surface area contributed by atoms with Crippen LogP contribution in [0.5, 0.6) is 0 Å². The molecule has 0 saturated heterocycles. The first-order valence-electron chi connectivity index (χ1n) is 6.21. The number of non-ortho nitro benzene ring substituents is 1. The molecule has 6 nitrogen and oxygen atoms in total. The van der Waals surface area contributed by atoms with Gasteiger partial charge >= 0.3 is 0 Å². The van der Waals surface area contributed by atoms with Crippen molar-refractivity contribution in [1.29, 1.82) is 0 Å². The SMILES string of the molecule is CCCCC/C=N/NC(=O)c1ccc([N+](=O)[O-])cc1. The number of nitro benzene ring substituents is 1. The number of rotatable bonds is 7. The van der Waals surface area contributed by atoms with Crippen LogP contribution in [0.25, 0.3) is 0 Å². The van der Waals surface area contributed by atoms with E-state index in [1.165, 1.54) is 24.3 Å². The van der Waals surface area contributed by atoms with Crippen molar-refractivity contribution in [2.75, 3.05) is 0 Å². The van der Waals surface area contributed by atoms with Crippen LogP contribution in [0, 0.1) is 10.1 Å². The number of nitro groups is 1. The lowest BCUT2D eigenvalue weighted by Crippen LogP contribution is -2.17. The van der Waals surface area contributed by atoms with Gasteiger partial charge in [-0.25, -0.2) is 5.43 Å². The zero-order valence-electron chi connectivity index (χ0n) is 10.8. The van der Waals surface area contributed by atoms with Gasteiger partial charge in [0.05, 0.1) is 4.92 Å². The normalized spacial score (nSPS) is 10.6. The van der Waals surface area contributed by atoms with Crippen molar-refractivity contribution >= 4 is 17.8 Å². The van der Waals surface area contributed by atoms with Crippen LogP contribution in [0.2, 0.25) is 0 Å². The molecular formula is C13H17N3O3. The smallest absolute Gasteiger partial charge is 0.267 e. The molecule has 1 N–H and O–H groups in total. The van der Waals surface area contributed by atoms with Crippen molar-refractivity contribution in [3.05, 3.63) is 39.9 Å². The summed E-state index contributed by atoms with van der Waals surface area (Å²) in [6.45, 7) is 2.12. The Morgan fingerprint density at radius 3 is 2.63 bits per heavy atom. The van der Waals surface area contributed by atoms with E-state index in [9.17, 15) is 14.9 Å². The highest BCUT2D eigenvalue weighted by molar-refractivity contribution is 5.94. The molecule has 0 heterocycles. The standard InChI is InChI=1S/C13H17N3O3/c1-2-3-4-5-10-14-15-13(17)11-6-8-12(9-7-11)16(18)19/h6-10H,2-5H2,1H3,(H,15,17)/b14-10+. The third-order valence-electron chi connectivity index (χ3n) is 2.53. The van der Waals surface area contributed by atoms with E-state index >= 15 is 0 Å². The van der Waals surface area contributed by atoms with Crippen molar-refractivity contribution < 1.29 is 9.72 Å². The first kappa shape index (κ1) is 14.8. The molecule has 0 aliphatic carbocycles. The van der Waals surface area contributed by atoms with Gasteiger partial charge in [0.1, 0.15) is 0 Å². The number of carbonyl (C=O) groups excluding carboxylic acids is 1. The number of nitrogens with zero attached hydrogens (tertiary/aromatic N) is 2.